The van der Waals surface area contributed by atoms with Gasteiger partial charge in [0.2, 0.25) is 5.91 Å². The number of hydrogen-bond donors (Lipinski definition) is 2. The number of nitrogens with one attached hydrogen (secondary N) is 1. The van der Waals surface area contributed by atoms with Crippen molar-refractivity contribution in [3.8, 4) is 0 Å². The summed E-state index contributed by atoms with van der Waals surface area (Å²) in [6.07, 6.45) is 7.94. The standard InChI is InChI=1S/C14H26N2O/c1-10-3-2-4-12(10)9-16-14(17)11-5-7-13(15)8-6-11/h10-13H,2-9,15H2,1H3,(H,16,17). The van der Waals surface area contributed by atoms with Gasteiger partial charge < -0.3 is 11.1 Å². The van der Waals surface area contributed by atoms with E-state index in [1.54, 1.807) is 0 Å². The fourth-order valence-electron chi connectivity index (χ4n) is 3.28. The normalized spacial score (nSPS) is 38.0. The van der Waals surface area contributed by atoms with E-state index < -0.39 is 0 Å². The smallest absolute Gasteiger partial charge is 0.223 e. The first-order valence-electron chi connectivity index (χ1n) is 7.20. The first kappa shape index (κ1) is 12.9. The molecule has 2 saturated carbocycles. The Bertz CT molecular complexity index is 259. The topological polar surface area (TPSA) is 55.1 Å². The summed E-state index contributed by atoms with van der Waals surface area (Å²) in [6, 6.07) is 0.328. The zero-order valence-electron chi connectivity index (χ0n) is 11.0. The second kappa shape index (κ2) is 5.85. The Kier molecular flexibility index (Phi) is 4.43. The van der Waals surface area contributed by atoms with Crippen molar-refractivity contribution in [3.63, 3.8) is 0 Å². The summed E-state index contributed by atoms with van der Waals surface area (Å²) in [5, 5.41) is 3.16. The minimum Gasteiger partial charge on any atom is -0.356 e. The highest BCUT2D eigenvalue weighted by Crippen LogP contribution is 2.30. The number of hydrogen-bond acceptors (Lipinski definition) is 2. The largest absolute Gasteiger partial charge is 0.356 e. The third-order valence-electron chi connectivity index (χ3n) is 4.72. The predicted molar refractivity (Wildman–Crippen MR) is 69.4 cm³/mol. The molecule has 0 aromatic rings. The Morgan fingerprint density at radius 2 is 1.88 bits per heavy atom. The minimum absolute atomic E-state index is 0.228. The number of carbonyl (C=O) groups is 1. The van der Waals surface area contributed by atoms with E-state index in [0.717, 1.165) is 38.1 Å². The number of nitrogens with two attached hydrogens (primary N) is 1. The summed E-state index contributed by atoms with van der Waals surface area (Å²) >= 11 is 0. The van der Waals surface area contributed by atoms with E-state index in [4.69, 9.17) is 5.73 Å². The summed E-state index contributed by atoms with van der Waals surface area (Å²) in [5.41, 5.74) is 5.86. The van der Waals surface area contributed by atoms with Gasteiger partial charge in [-0.05, 0) is 43.9 Å². The number of rotatable bonds is 3. The zero-order valence-corrected chi connectivity index (χ0v) is 11.0. The Balaban J connectivity index is 1.70. The van der Waals surface area contributed by atoms with Crippen molar-refractivity contribution < 1.29 is 4.79 Å². The monoisotopic (exact) mass is 238 g/mol. The zero-order chi connectivity index (χ0) is 12.3. The van der Waals surface area contributed by atoms with E-state index in [0.29, 0.717) is 12.0 Å². The quantitative estimate of drug-likeness (QED) is 0.790. The van der Waals surface area contributed by atoms with Crippen molar-refractivity contribution in [2.75, 3.05) is 6.54 Å². The van der Waals surface area contributed by atoms with Crippen molar-refractivity contribution in [3.05, 3.63) is 0 Å². The lowest BCUT2D eigenvalue weighted by atomic mass is 9.86. The van der Waals surface area contributed by atoms with E-state index >= 15 is 0 Å². The van der Waals surface area contributed by atoms with Gasteiger partial charge in [-0.15, -0.1) is 0 Å². The fourth-order valence-corrected chi connectivity index (χ4v) is 3.28. The van der Waals surface area contributed by atoms with Crippen molar-refractivity contribution in [1.29, 1.82) is 0 Å². The molecule has 0 radical (unpaired) electrons. The number of carbonyl (C=O) groups excluding carboxylic acids is 1. The SMILES string of the molecule is CC1CCCC1CNC(=O)C1CCC(N)CC1. The first-order valence-corrected chi connectivity index (χ1v) is 7.20. The molecule has 2 atom stereocenters. The van der Waals surface area contributed by atoms with Gasteiger partial charge in [-0.2, -0.15) is 0 Å². The van der Waals surface area contributed by atoms with E-state index in [9.17, 15) is 4.79 Å². The molecule has 3 N–H and O–H groups in total. The van der Waals surface area contributed by atoms with Gasteiger partial charge in [-0.3, -0.25) is 4.79 Å². The van der Waals surface area contributed by atoms with E-state index in [-0.39, 0.29) is 11.8 Å². The van der Waals surface area contributed by atoms with Crippen LogP contribution in [-0.4, -0.2) is 18.5 Å². The molecule has 2 aliphatic carbocycles. The van der Waals surface area contributed by atoms with Crippen LogP contribution in [0.25, 0.3) is 0 Å². The van der Waals surface area contributed by atoms with Gasteiger partial charge in [0.25, 0.3) is 0 Å². The molecule has 3 heteroatoms. The molecule has 0 aromatic heterocycles. The van der Waals surface area contributed by atoms with E-state index in [1.165, 1.54) is 19.3 Å². The molecule has 0 aromatic carbocycles. The van der Waals surface area contributed by atoms with Crippen LogP contribution in [0.15, 0.2) is 0 Å². The van der Waals surface area contributed by atoms with Crippen LogP contribution < -0.4 is 11.1 Å². The molecule has 17 heavy (non-hydrogen) atoms. The molecule has 2 rings (SSSR count). The molecule has 3 nitrogen and oxygen atoms in total. The summed E-state index contributed by atoms with van der Waals surface area (Å²) in [6.45, 7) is 3.20. The third kappa shape index (κ3) is 3.44. The summed E-state index contributed by atoms with van der Waals surface area (Å²) in [5.74, 6) is 2.00. The molecule has 2 aliphatic rings. The lowest BCUT2D eigenvalue weighted by Crippen LogP contribution is -2.38. The van der Waals surface area contributed by atoms with Crippen molar-refractivity contribution in [1.82, 2.24) is 5.32 Å². The third-order valence-corrected chi connectivity index (χ3v) is 4.72. The van der Waals surface area contributed by atoms with Crippen molar-refractivity contribution in [2.45, 2.75) is 57.9 Å². The summed E-state index contributed by atoms with van der Waals surface area (Å²) in [7, 11) is 0. The van der Waals surface area contributed by atoms with Crippen molar-refractivity contribution >= 4 is 5.91 Å². The number of amides is 1. The van der Waals surface area contributed by atoms with Crippen LogP contribution in [0, 0.1) is 17.8 Å². The maximum Gasteiger partial charge on any atom is 0.223 e. The first-order chi connectivity index (χ1) is 8.16. The molecular weight excluding hydrogens is 212 g/mol. The lowest BCUT2D eigenvalue weighted by molar-refractivity contribution is -0.126. The highest BCUT2D eigenvalue weighted by Gasteiger charge is 2.27. The minimum atomic E-state index is 0.228. The highest BCUT2D eigenvalue weighted by molar-refractivity contribution is 5.78. The fraction of sp³-hybridized carbons (Fsp3) is 0.929. The molecule has 1 amide bonds. The average molecular weight is 238 g/mol. The van der Waals surface area contributed by atoms with Crippen LogP contribution in [0.5, 0.6) is 0 Å². The molecular formula is C14H26N2O. The second-order valence-electron chi connectivity index (χ2n) is 6.03. The maximum atomic E-state index is 12.0. The summed E-state index contributed by atoms with van der Waals surface area (Å²) in [4.78, 5) is 12.0. The average Bonchev–Trinajstić information content (AvgIpc) is 2.73. The molecule has 0 saturated heterocycles. The Labute approximate surface area is 105 Å². The van der Waals surface area contributed by atoms with Gasteiger partial charge >= 0.3 is 0 Å². The van der Waals surface area contributed by atoms with Crippen LogP contribution in [-0.2, 0) is 4.79 Å². The lowest BCUT2D eigenvalue weighted by Gasteiger charge is -2.26. The van der Waals surface area contributed by atoms with Gasteiger partial charge in [0.05, 0.1) is 0 Å². The molecule has 98 valence electrons. The maximum absolute atomic E-state index is 12.0. The second-order valence-corrected chi connectivity index (χ2v) is 6.03. The van der Waals surface area contributed by atoms with Crippen LogP contribution in [0.1, 0.15) is 51.9 Å². The molecule has 0 heterocycles. The highest BCUT2D eigenvalue weighted by atomic mass is 16.1. The van der Waals surface area contributed by atoms with Crippen LogP contribution in [0.3, 0.4) is 0 Å². The Morgan fingerprint density at radius 1 is 1.18 bits per heavy atom. The predicted octanol–water partition coefficient (Wildman–Crippen LogP) is 2.06. The molecule has 2 unspecified atom stereocenters. The Morgan fingerprint density at radius 3 is 2.47 bits per heavy atom. The van der Waals surface area contributed by atoms with Gasteiger partial charge in [-0.25, -0.2) is 0 Å². The van der Waals surface area contributed by atoms with E-state index in [1.807, 2.05) is 0 Å². The van der Waals surface area contributed by atoms with Gasteiger partial charge in [0.15, 0.2) is 0 Å². The van der Waals surface area contributed by atoms with Crippen LogP contribution in [0.4, 0.5) is 0 Å². The van der Waals surface area contributed by atoms with Crippen LogP contribution in [0.2, 0.25) is 0 Å². The van der Waals surface area contributed by atoms with Gasteiger partial charge in [-0.1, -0.05) is 19.8 Å². The van der Waals surface area contributed by atoms with Crippen molar-refractivity contribution in [2.24, 2.45) is 23.5 Å². The molecule has 0 aliphatic heterocycles. The van der Waals surface area contributed by atoms with E-state index in [2.05, 4.69) is 12.2 Å². The Hall–Kier alpha value is -0.570. The summed E-state index contributed by atoms with van der Waals surface area (Å²) < 4.78 is 0. The van der Waals surface area contributed by atoms with Gasteiger partial charge in [0.1, 0.15) is 0 Å². The van der Waals surface area contributed by atoms with Crippen LogP contribution >= 0.6 is 0 Å². The molecule has 0 spiro atoms. The molecule has 0 bridgehead atoms. The van der Waals surface area contributed by atoms with Gasteiger partial charge in [0, 0.05) is 18.5 Å². The molecule has 2 fully saturated rings.